The number of carbonyl (C=O) groups excluding carboxylic acids is 5. The van der Waals surface area contributed by atoms with Crippen LogP contribution in [0, 0.1) is 17.8 Å². The summed E-state index contributed by atoms with van der Waals surface area (Å²) in [7, 11) is 0. The molecule has 184 valence electrons. The molecule has 0 spiro atoms. The van der Waals surface area contributed by atoms with Gasteiger partial charge in [-0.05, 0) is 27.7 Å². The van der Waals surface area contributed by atoms with Gasteiger partial charge in [-0.1, -0.05) is 6.58 Å². The molecule has 0 aromatic rings. The first-order valence-electron chi connectivity index (χ1n) is 10.6. The van der Waals surface area contributed by atoms with Gasteiger partial charge < -0.3 is 35.3 Å². The van der Waals surface area contributed by atoms with Gasteiger partial charge in [0.15, 0.2) is 0 Å². The van der Waals surface area contributed by atoms with Crippen molar-refractivity contribution in [3.63, 3.8) is 0 Å². The molecule has 4 N–H and O–H groups in total. The van der Waals surface area contributed by atoms with E-state index in [2.05, 4.69) is 22.5 Å². The maximum atomic E-state index is 12.8. The largest absolute Gasteiger partial charge is 0.464 e. The molecule has 0 heterocycles. The predicted molar refractivity (Wildman–Crippen MR) is 112 cm³/mol. The molecule has 0 aromatic heterocycles. The van der Waals surface area contributed by atoms with E-state index in [1.165, 1.54) is 0 Å². The summed E-state index contributed by atoms with van der Waals surface area (Å²) in [5, 5.41) is 17.5. The van der Waals surface area contributed by atoms with Gasteiger partial charge in [-0.15, -0.1) is 0 Å². The highest BCUT2D eigenvalue weighted by molar-refractivity contribution is 5.94. The molecule has 0 bridgehead atoms. The van der Waals surface area contributed by atoms with Gasteiger partial charge >= 0.3 is 18.0 Å². The molecule has 2 fully saturated rings. The second-order valence-corrected chi connectivity index (χ2v) is 8.88. The van der Waals surface area contributed by atoms with E-state index in [9.17, 15) is 29.1 Å². The Morgan fingerprint density at radius 2 is 1.76 bits per heavy atom. The number of fused-ring (bicyclic) bond motifs is 1. The third-order valence-electron chi connectivity index (χ3n) is 5.33. The smallest absolute Gasteiger partial charge is 0.408 e. The lowest BCUT2D eigenvalue weighted by molar-refractivity contribution is -0.156. The molecular weight excluding hydrogens is 438 g/mol. The van der Waals surface area contributed by atoms with Gasteiger partial charge in [-0.25, -0.2) is 9.59 Å². The predicted octanol–water partition coefficient (Wildman–Crippen LogP) is -0.641. The molecule has 0 aliphatic heterocycles. The lowest BCUT2D eigenvalue weighted by Crippen LogP contribution is -2.59. The van der Waals surface area contributed by atoms with Crippen LogP contribution in [0.4, 0.5) is 4.79 Å². The first-order valence-corrected chi connectivity index (χ1v) is 10.6. The lowest BCUT2D eigenvalue weighted by Gasteiger charge is -2.31. The zero-order chi connectivity index (χ0) is 25.0. The number of aliphatic hydroxyl groups is 1. The van der Waals surface area contributed by atoms with Crippen LogP contribution in [0.25, 0.3) is 0 Å². The number of aliphatic hydroxyl groups excluding tert-OH is 1. The van der Waals surface area contributed by atoms with Crippen LogP contribution >= 0.6 is 0 Å². The molecule has 12 heteroatoms. The Bertz CT molecular complexity index is 822. The summed E-state index contributed by atoms with van der Waals surface area (Å²) in [5.41, 5.74) is -2.37. The van der Waals surface area contributed by atoms with Crippen molar-refractivity contribution in [1.82, 2.24) is 16.0 Å². The first kappa shape index (κ1) is 26.1. The molecule has 2 aliphatic carbocycles. The molecule has 12 nitrogen and oxygen atoms in total. The quantitative estimate of drug-likeness (QED) is 0.195. The highest BCUT2D eigenvalue weighted by Crippen LogP contribution is 2.63. The van der Waals surface area contributed by atoms with E-state index in [1.807, 2.05) is 0 Å². The van der Waals surface area contributed by atoms with Crippen molar-refractivity contribution in [3.05, 3.63) is 12.8 Å². The molecule has 5 atom stereocenters. The van der Waals surface area contributed by atoms with Crippen LogP contribution in [0.2, 0.25) is 0 Å². The van der Waals surface area contributed by atoms with Crippen molar-refractivity contribution in [1.29, 1.82) is 0 Å². The summed E-state index contributed by atoms with van der Waals surface area (Å²) in [6, 6.07) is 0. The molecule has 2 rings (SSSR count). The summed E-state index contributed by atoms with van der Waals surface area (Å²) in [6.45, 7) is 9.00. The SMILES string of the molecule is C=COC(=O)[C@H]1[C@H]2[C@@H]1[C@@](NC(=O)CNC(=O)CNC(=O)OC(C)(C)C)(C(=O)OCC)C[C@@H]2O. The Labute approximate surface area is 191 Å². The van der Waals surface area contributed by atoms with E-state index >= 15 is 0 Å². The van der Waals surface area contributed by atoms with Gasteiger partial charge in [0.1, 0.15) is 17.7 Å². The lowest BCUT2D eigenvalue weighted by atomic mass is 9.89. The van der Waals surface area contributed by atoms with Crippen molar-refractivity contribution in [3.8, 4) is 0 Å². The molecule has 3 amide bonds. The van der Waals surface area contributed by atoms with Crippen molar-refractivity contribution in [2.75, 3.05) is 19.7 Å². The zero-order valence-corrected chi connectivity index (χ0v) is 19.1. The van der Waals surface area contributed by atoms with E-state index < -0.39 is 77.9 Å². The standard InChI is InChI=1S/C21H31N3O9/c1-6-31-17(28)15-14-11(25)8-21(16(14)15,18(29)32-7-2)24-13(27)10-22-12(26)9-23-19(30)33-20(3,4)5/h6,11,14-16,25H,1,7-10H2,2-5H3,(H,22,26)(H,23,30)(H,24,27)/t11-,14-,15-,16-,21+/m0/s1. The van der Waals surface area contributed by atoms with Crippen molar-refractivity contribution >= 4 is 29.8 Å². The van der Waals surface area contributed by atoms with Gasteiger partial charge in [0.05, 0.1) is 31.4 Å². The van der Waals surface area contributed by atoms with E-state index in [0.717, 1.165) is 6.26 Å². The summed E-state index contributed by atoms with van der Waals surface area (Å²) in [5.74, 6) is -4.93. The van der Waals surface area contributed by atoms with Crippen molar-refractivity contribution in [2.45, 2.75) is 51.4 Å². The first-order chi connectivity index (χ1) is 15.4. The maximum absolute atomic E-state index is 12.8. The summed E-state index contributed by atoms with van der Waals surface area (Å²) < 4.78 is 14.9. The van der Waals surface area contributed by atoms with E-state index in [1.54, 1.807) is 27.7 Å². The maximum Gasteiger partial charge on any atom is 0.408 e. The molecule has 0 unspecified atom stereocenters. The second kappa shape index (κ2) is 10.2. The summed E-state index contributed by atoms with van der Waals surface area (Å²) >= 11 is 0. The number of amides is 3. The molecule has 2 saturated carbocycles. The van der Waals surface area contributed by atoms with Crippen LogP contribution in [0.5, 0.6) is 0 Å². The molecule has 0 saturated heterocycles. The Morgan fingerprint density at radius 1 is 1.12 bits per heavy atom. The topological polar surface area (TPSA) is 169 Å². The number of nitrogens with one attached hydrogen (secondary N) is 3. The van der Waals surface area contributed by atoms with Gasteiger partial charge in [-0.2, -0.15) is 0 Å². The number of carbonyl (C=O) groups is 5. The highest BCUT2D eigenvalue weighted by Gasteiger charge is 2.76. The van der Waals surface area contributed by atoms with Crippen molar-refractivity contribution in [2.24, 2.45) is 17.8 Å². The summed E-state index contributed by atoms with van der Waals surface area (Å²) in [6.07, 6.45) is -1.01. The monoisotopic (exact) mass is 469 g/mol. The summed E-state index contributed by atoms with van der Waals surface area (Å²) in [4.78, 5) is 61.1. The molecular formula is C21H31N3O9. The highest BCUT2D eigenvalue weighted by atomic mass is 16.6. The molecule has 33 heavy (non-hydrogen) atoms. The number of rotatable bonds is 9. The number of ether oxygens (including phenoxy) is 3. The van der Waals surface area contributed by atoms with E-state index in [0.29, 0.717) is 0 Å². The third-order valence-corrected chi connectivity index (χ3v) is 5.33. The number of alkyl carbamates (subject to hydrolysis) is 1. The minimum Gasteiger partial charge on any atom is -0.464 e. The van der Waals surface area contributed by atoms with E-state index in [4.69, 9.17) is 14.2 Å². The van der Waals surface area contributed by atoms with E-state index in [-0.39, 0.29) is 13.0 Å². The van der Waals surface area contributed by atoms with Crippen LogP contribution in [-0.4, -0.2) is 71.9 Å². The van der Waals surface area contributed by atoms with Crippen LogP contribution in [0.3, 0.4) is 0 Å². The average Bonchev–Trinajstić information content (AvgIpc) is 3.39. The second-order valence-electron chi connectivity index (χ2n) is 8.88. The number of esters is 2. The van der Waals surface area contributed by atoms with Crippen LogP contribution in [-0.2, 0) is 33.4 Å². The number of hydrogen-bond acceptors (Lipinski definition) is 9. The average molecular weight is 469 g/mol. The van der Waals surface area contributed by atoms with Gasteiger partial charge in [0, 0.05) is 18.3 Å². The Hall–Kier alpha value is -3.15. The Balaban J connectivity index is 1.98. The zero-order valence-electron chi connectivity index (χ0n) is 19.1. The fourth-order valence-electron chi connectivity index (χ4n) is 4.18. The Morgan fingerprint density at radius 3 is 2.33 bits per heavy atom. The van der Waals surface area contributed by atoms with Crippen LogP contribution in [0.15, 0.2) is 12.8 Å². The van der Waals surface area contributed by atoms with Crippen LogP contribution in [0.1, 0.15) is 34.1 Å². The van der Waals surface area contributed by atoms with Gasteiger partial charge in [0.2, 0.25) is 11.8 Å². The third kappa shape index (κ3) is 6.21. The Kier molecular flexibility index (Phi) is 8.06. The number of hydrogen-bond donors (Lipinski definition) is 4. The van der Waals surface area contributed by atoms with Crippen molar-refractivity contribution < 1.29 is 43.3 Å². The molecule has 0 aromatic carbocycles. The van der Waals surface area contributed by atoms with Gasteiger partial charge in [-0.3, -0.25) is 14.4 Å². The normalized spacial score (nSPS) is 27.4. The fraction of sp³-hybridized carbons (Fsp3) is 0.667. The van der Waals surface area contributed by atoms with Crippen LogP contribution < -0.4 is 16.0 Å². The van der Waals surface area contributed by atoms with Gasteiger partial charge in [0.25, 0.3) is 0 Å². The minimum atomic E-state index is -1.64. The molecule has 0 radical (unpaired) electrons. The minimum absolute atomic E-state index is 0.0266. The molecule has 2 aliphatic rings. The fourth-order valence-corrected chi connectivity index (χ4v) is 4.18.